The normalized spacial score (nSPS) is 19.1. The lowest BCUT2D eigenvalue weighted by Crippen LogP contribution is -2.48. The average molecular weight is 193 g/mol. The Hall–Kier alpha value is -0.890. The molecule has 0 radical (unpaired) electrons. The second kappa shape index (κ2) is 3.35. The van der Waals surface area contributed by atoms with E-state index in [-0.39, 0.29) is 11.4 Å². The Morgan fingerprint density at radius 2 is 2.14 bits per heavy atom. The quantitative estimate of drug-likeness (QED) is 0.767. The maximum Gasteiger partial charge on any atom is 0.123 e. The summed E-state index contributed by atoms with van der Waals surface area (Å²) < 4.78 is 13.0. The molecule has 1 aliphatic carbocycles. The molecule has 1 saturated carbocycles. The van der Waals surface area contributed by atoms with E-state index in [4.69, 9.17) is 5.73 Å². The first-order chi connectivity index (χ1) is 6.59. The van der Waals surface area contributed by atoms with Crippen LogP contribution in [0.1, 0.15) is 30.4 Å². The van der Waals surface area contributed by atoms with Crippen molar-refractivity contribution in [3.05, 3.63) is 35.1 Å². The Labute approximate surface area is 84.1 Å². The summed E-state index contributed by atoms with van der Waals surface area (Å²) >= 11 is 0. The van der Waals surface area contributed by atoms with Crippen LogP contribution in [0.4, 0.5) is 4.39 Å². The molecule has 0 aromatic heterocycles. The third-order valence-corrected chi connectivity index (χ3v) is 3.20. The van der Waals surface area contributed by atoms with Crippen LogP contribution in [0.2, 0.25) is 0 Å². The molecule has 1 aromatic rings. The van der Waals surface area contributed by atoms with Crippen LogP contribution >= 0.6 is 0 Å². The molecular formula is C12H16FN. The van der Waals surface area contributed by atoms with Gasteiger partial charge in [-0.3, -0.25) is 0 Å². The largest absolute Gasteiger partial charge is 0.325 e. The number of rotatable bonds is 2. The summed E-state index contributed by atoms with van der Waals surface area (Å²) in [5.74, 6) is -0.159. The van der Waals surface area contributed by atoms with Gasteiger partial charge in [0.1, 0.15) is 5.82 Å². The van der Waals surface area contributed by atoms with Gasteiger partial charge < -0.3 is 5.73 Å². The van der Waals surface area contributed by atoms with E-state index in [2.05, 4.69) is 0 Å². The average Bonchev–Trinajstić information content (AvgIpc) is 2.09. The van der Waals surface area contributed by atoms with E-state index in [0.29, 0.717) is 0 Å². The van der Waals surface area contributed by atoms with Gasteiger partial charge >= 0.3 is 0 Å². The molecule has 0 bridgehead atoms. The van der Waals surface area contributed by atoms with E-state index in [1.807, 2.05) is 13.0 Å². The molecule has 1 fully saturated rings. The smallest absolute Gasteiger partial charge is 0.123 e. The van der Waals surface area contributed by atoms with Gasteiger partial charge in [-0.15, -0.1) is 0 Å². The van der Waals surface area contributed by atoms with Crippen LogP contribution in [0.25, 0.3) is 0 Å². The highest BCUT2D eigenvalue weighted by molar-refractivity contribution is 5.28. The van der Waals surface area contributed by atoms with Crippen molar-refractivity contribution in [1.82, 2.24) is 0 Å². The van der Waals surface area contributed by atoms with Crippen LogP contribution in [0.15, 0.2) is 18.2 Å². The van der Waals surface area contributed by atoms with Crippen LogP contribution < -0.4 is 5.73 Å². The topological polar surface area (TPSA) is 26.0 Å². The molecule has 14 heavy (non-hydrogen) atoms. The minimum atomic E-state index is -0.159. The Bertz CT molecular complexity index is 342. The fraction of sp³-hybridized carbons (Fsp3) is 0.500. The third kappa shape index (κ3) is 1.80. The summed E-state index contributed by atoms with van der Waals surface area (Å²) in [4.78, 5) is 0. The van der Waals surface area contributed by atoms with Crippen molar-refractivity contribution in [3.63, 3.8) is 0 Å². The lowest BCUT2D eigenvalue weighted by Gasteiger charge is -2.38. The fourth-order valence-corrected chi connectivity index (χ4v) is 2.02. The zero-order valence-corrected chi connectivity index (χ0v) is 8.52. The van der Waals surface area contributed by atoms with Crippen LogP contribution in [0.5, 0.6) is 0 Å². The van der Waals surface area contributed by atoms with Crippen LogP contribution in [0, 0.1) is 12.7 Å². The van der Waals surface area contributed by atoms with E-state index in [1.165, 1.54) is 12.5 Å². The molecule has 0 spiro atoms. The number of hydrogen-bond acceptors (Lipinski definition) is 1. The lowest BCUT2D eigenvalue weighted by atomic mass is 9.73. The minimum Gasteiger partial charge on any atom is -0.325 e. The van der Waals surface area contributed by atoms with Crippen molar-refractivity contribution in [2.24, 2.45) is 5.73 Å². The van der Waals surface area contributed by atoms with E-state index in [0.717, 1.165) is 30.4 Å². The van der Waals surface area contributed by atoms with Crippen molar-refractivity contribution in [3.8, 4) is 0 Å². The summed E-state index contributed by atoms with van der Waals surface area (Å²) in [6.07, 6.45) is 4.17. The maximum absolute atomic E-state index is 13.0. The number of benzene rings is 1. The molecule has 2 N–H and O–H groups in total. The van der Waals surface area contributed by atoms with Gasteiger partial charge in [0.25, 0.3) is 0 Å². The summed E-state index contributed by atoms with van der Waals surface area (Å²) in [7, 11) is 0. The van der Waals surface area contributed by atoms with Gasteiger partial charge in [0.15, 0.2) is 0 Å². The minimum absolute atomic E-state index is 0.0570. The molecule has 2 rings (SSSR count). The standard InChI is InChI=1S/C12H16FN/c1-9-3-4-11(13)7-10(9)8-12(14)5-2-6-12/h3-4,7H,2,5-6,8,14H2,1H3. The van der Waals surface area contributed by atoms with Crippen molar-refractivity contribution in [2.75, 3.05) is 0 Å². The maximum atomic E-state index is 13.0. The first-order valence-corrected chi connectivity index (χ1v) is 5.13. The molecule has 0 unspecified atom stereocenters. The first-order valence-electron chi connectivity index (χ1n) is 5.13. The van der Waals surface area contributed by atoms with E-state index >= 15 is 0 Å². The van der Waals surface area contributed by atoms with Gasteiger partial charge in [-0.05, 0) is 55.9 Å². The SMILES string of the molecule is Cc1ccc(F)cc1CC1(N)CCC1. The number of nitrogens with two attached hydrogens (primary N) is 1. The van der Waals surface area contributed by atoms with Crippen molar-refractivity contribution >= 4 is 0 Å². The summed E-state index contributed by atoms with van der Waals surface area (Å²) in [6, 6.07) is 4.94. The van der Waals surface area contributed by atoms with Gasteiger partial charge in [-0.1, -0.05) is 6.07 Å². The zero-order valence-electron chi connectivity index (χ0n) is 8.52. The van der Waals surface area contributed by atoms with Crippen LogP contribution in [-0.2, 0) is 6.42 Å². The number of aryl methyl sites for hydroxylation is 1. The highest BCUT2D eigenvalue weighted by Crippen LogP contribution is 2.33. The monoisotopic (exact) mass is 193 g/mol. The second-order valence-corrected chi connectivity index (χ2v) is 4.46. The molecular weight excluding hydrogens is 177 g/mol. The molecule has 0 atom stereocenters. The Morgan fingerprint density at radius 3 is 2.71 bits per heavy atom. The second-order valence-electron chi connectivity index (χ2n) is 4.46. The highest BCUT2D eigenvalue weighted by Gasteiger charge is 2.32. The molecule has 0 saturated heterocycles. The Morgan fingerprint density at radius 1 is 1.43 bits per heavy atom. The van der Waals surface area contributed by atoms with Crippen molar-refractivity contribution < 1.29 is 4.39 Å². The van der Waals surface area contributed by atoms with Crippen LogP contribution in [0.3, 0.4) is 0 Å². The van der Waals surface area contributed by atoms with Gasteiger partial charge in [0.05, 0.1) is 0 Å². The molecule has 1 nitrogen and oxygen atoms in total. The van der Waals surface area contributed by atoms with E-state index in [9.17, 15) is 4.39 Å². The Kier molecular flexibility index (Phi) is 2.31. The number of halogens is 1. The summed E-state index contributed by atoms with van der Waals surface area (Å²) in [5, 5.41) is 0. The molecule has 76 valence electrons. The fourth-order valence-electron chi connectivity index (χ4n) is 2.02. The van der Waals surface area contributed by atoms with Crippen LogP contribution in [-0.4, -0.2) is 5.54 Å². The van der Waals surface area contributed by atoms with E-state index < -0.39 is 0 Å². The molecule has 1 aromatic carbocycles. The molecule has 0 heterocycles. The van der Waals surface area contributed by atoms with Gasteiger partial charge in [-0.25, -0.2) is 4.39 Å². The van der Waals surface area contributed by atoms with Crippen molar-refractivity contribution in [2.45, 2.75) is 38.1 Å². The Balaban J connectivity index is 2.19. The third-order valence-electron chi connectivity index (χ3n) is 3.20. The van der Waals surface area contributed by atoms with E-state index in [1.54, 1.807) is 6.07 Å². The molecule has 0 aliphatic heterocycles. The molecule has 1 aliphatic rings. The molecule has 0 amide bonds. The van der Waals surface area contributed by atoms with Crippen molar-refractivity contribution in [1.29, 1.82) is 0 Å². The van der Waals surface area contributed by atoms with Gasteiger partial charge in [0.2, 0.25) is 0 Å². The molecule has 2 heteroatoms. The lowest BCUT2D eigenvalue weighted by molar-refractivity contribution is 0.247. The predicted molar refractivity (Wildman–Crippen MR) is 55.6 cm³/mol. The zero-order chi connectivity index (χ0) is 10.2. The first kappa shape index (κ1) is 9.66. The number of hydrogen-bond donors (Lipinski definition) is 1. The summed E-state index contributed by atoms with van der Waals surface area (Å²) in [5.41, 5.74) is 8.28. The van der Waals surface area contributed by atoms with Gasteiger partial charge in [-0.2, -0.15) is 0 Å². The highest BCUT2D eigenvalue weighted by atomic mass is 19.1. The summed E-state index contributed by atoms with van der Waals surface area (Å²) in [6.45, 7) is 2.01. The van der Waals surface area contributed by atoms with Gasteiger partial charge in [0, 0.05) is 5.54 Å². The predicted octanol–water partition coefficient (Wildman–Crippen LogP) is 2.56.